The summed E-state index contributed by atoms with van der Waals surface area (Å²) in [6.07, 6.45) is 0. The molecule has 110 valence electrons. The fraction of sp³-hybridized carbons (Fsp3) is 0.188. The molecule has 1 N–H and O–H groups in total. The molecule has 0 heterocycles. The van der Waals surface area contributed by atoms with E-state index >= 15 is 0 Å². The maximum Gasteiger partial charge on any atom is 0.232 e. The SMILES string of the molecule is O=C(CS(=O)Cc1cccc(Cl)c1)NCc1ccccc1. The Labute approximate surface area is 131 Å². The van der Waals surface area contributed by atoms with E-state index in [1.165, 1.54) is 0 Å². The third kappa shape index (κ3) is 5.69. The summed E-state index contributed by atoms with van der Waals surface area (Å²) in [5.74, 6) is 0.123. The van der Waals surface area contributed by atoms with Gasteiger partial charge in [-0.15, -0.1) is 0 Å². The van der Waals surface area contributed by atoms with Crippen LogP contribution in [-0.2, 0) is 27.9 Å². The second-order valence-electron chi connectivity index (χ2n) is 4.62. The zero-order chi connectivity index (χ0) is 15.1. The van der Waals surface area contributed by atoms with Crippen molar-refractivity contribution in [2.75, 3.05) is 5.75 Å². The van der Waals surface area contributed by atoms with Crippen molar-refractivity contribution in [3.8, 4) is 0 Å². The van der Waals surface area contributed by atoms with Crippen LogP contribution in [0.2, 0.25) is 5.02 Å². The molecule has 0 aromatic heterocycles. The average molecular weight is 322 g/mol. The highest BCUT2D eigenvalue weighted by Gasteiger charge is 2.09. The maximum atomic E-state index is 12.0. The highest BCUT2D eigenvalue weighted by molar-refractivity contribution is 7.84. The molecule has 2 aromatic carbocycles. The summed E-state index contributed by atoms with van der Waals surface area (Å²) >= 11 is 5.87. The largest absolute Gasteiger partial charge is 0.351 e. The van der Waals surface area contributed by atoms with Crippen LogP contribution in [0.25, 0.3) is 0 Å². The number of amides is 1. The van der Waals surface area contributed by atoms with E-state index in [0.29, 0.717) is 17.3 Å². The van der Waals surface area contributed by atoms with Crippen LogP contribution in [0.1, 0.15) is 11.1 Å². The first-order valence-electron chi connectivity index (χ1n) is 6.53. The molecule has 0 aliphatic heterocycles. The minimum absolute atomic E-state index is 0.000648. The Morgan fingerprint density at radius 1 is 1.05 bits per heavy atom. The summed E-state index contributed by atoms with van der Waals surface area (Å²) in [4.78, 5) is 11.8. The van der Waals surface area contributed by atoms with E-state index < -0.39 is 10.8 Å². The van der Waals surface area contributed by atoms with Gasteiger partial charge in [0.2, 0.25) is 5.91 Å². The highest BCUT2D eigenvalue weighted by atomic mass is 35.5. The number of halogens is 1. The van der Waals surface area contributed by atoms with Crippen molar-refractivity contribution in [2.45, 2.75) is 12.3 Å². The van der Waals surface area contributed by atoms with Crippen LogP contribution in [0.4, 0.5) is 0 Å². The number of rotatable bonds is 6. The molecule has 0 aliphatic rings. The van der Waals surface area contributed by atoms with Crippen molar-refractivity contribution in [1.29, 1.82) is 0 Å². The van der Waals surface area contributed by atoms with E-state index in [4.69, 9.17) is 11.6 Å². The summed E-state index contributed by atoms with van der Waals surface area (Å²) in [5.41, 5.74) is 1.89. The molecule has 2 aromatic rings. The van der Waals surface area contributed by atoms with E-state index in [2.05, 4.69) is 5.32 Å². The quantitative estimate of drug-likeness (QED) is 0.889. The molecule has 0 bridgehead atoms. The lowest BCUT2D eigenvalue weighted by atomic mass is 10.2. The number of nitrogens with one attached hydrogen (secondary N) is 1. The van der Waals surface area contributed by atoms with Gasteiger partial charge in [-0.05, 0) is 23.3 Å². The van der Waals surface area contributed by atoms with Crippen molar-refractivity contribution in [2.24, 2.45) is 0 Å². The molecule has 21 heavy (non-hydrogen) atoms. The van der Waals surface area contributed by atoms with Crippen molar-refractivity contribution < 1.29 is 9.00 Å². The predicted octanol–water partition coefficient (Wildman–Crippen LogP) is 2.91. The van der Waals surface area contributed by atoms with Gasteiger partial charge in [0.25, 0.3) is 0 Å². The lowest BCUT2D eigenvalue weighted by Crippen LogP contribution is -2.28. The molecule has 1 amide bonds. The molecule has 0 saturated heterocycles. The fourth-order valence-corrected chi connectivity index (χ4v) is 3.12. The lowest BCUT2D eigenvalue weighted by Gasteiger charge is -2.06. The molecular weight excluding hydrogens is 306 g/mol. The number of hydrogen-bond donors (Lipinski definition) is 1. The molecule has 0 saturated carbocycles. The average Bonchev–Trinajstić information content (AvgIpc) is 2.46. The number of hydrogen-bond acceptors (Lipinski definition) is 2. The predicted molar refractivity (Wildman–Crippen MR) is 86.5 cm³/mol. The van der Waals surface area contributed by atoms with Gasteiger partial charge >= 0.3 is 0 Å². The normalized spacial score (nSPS) is 11.9. The smallest absolute Gasteiger partial charge is 0.232 e. The minimum Gasteiger partial charge on any atom is -0.351 e. The van der Waals surface area contributed by atoms with Crippen LogP contribution in [0, 0.1) is 0 Å². The molecule has 5 heteroatoms. The van der Waals surface area contributed by atoms with Crippen LogP contribution >= 0.6 is 11.6 Å². The van der Waals surface area contributed by atoms with Gasteiger partial charge in [0.05, 0.1) is 0 Å². The van der Waals surface area contributed by atoms with Crippen molar-refractivity contribution in [1.82, 2.24) is 5.32 Å². The molecule has 1 atom stereocenters. The zero-order valence-corrected chi connectivity index (χ0v) is 13.0. The van der Waals surface area contributed by atoms with Gasteiger partial charge in [-0.2, -0.15) is 0 Å². The first-order valence-corrected chi connectivity index (χ1v) is 8.40. The van der Waals surface area contributed by atoms with Gasteiger partial charge < -0.3 is 5.32 Å². The van der Waals surface area contributed by atoms with Gasteiger partial charge in [-0.3, -0.25) is 9.00 Å². The Morgan fingerprint density at radius 3 is 2.48 bits per heavy atom. The van der Waals surface area contributed by atoms with Crippen LogP contribution in [0.15, 0.2) is 54.6 Å². The number of benzene rings is 2. The highest BCUT2D eigenvalue weighted by Crippen LogP contribution is 2.12. The Morgan fingerprint density at radius 2 is 1.76 bits per heavy atom. The Balaban J connectivity index is 1.78. The summed E-state index contributed by atoms with van der Waals surface area (Å²) in [7, 11) is -1.24. The summed E-state index contributed by atoms with van der Waals surface area (Å²) in [5, 5.41) is 3.38. The van der Waals surface area contributed by atoms with E-state index in [1.807, 2.05) is 42.5 Å². The topological polar surface area (TPSA) is 46.2 Å². The van der Waals surface area contributed by atoms with Gasteiger partial charge in [-0.25, -0.2) is 0 Å². The molecule has 1 unspecified atom stereocenters. The number of carbonyl (C=O) groups is 1. The van der Waals surface area contributed by atoms with Gasteiger partial charge in [0, 0.05) is 28.1 Å². The van der Waals surface area contributed by atoms with Crippen molar-refractivity contribution in [3.05, 3.63) is 70.7 Å². The first kappa shape index (κ1) is 15.7. The summed E-state index contributed by atoms with van der Waals surface area (Å²) in [6, 6.07) is 16.8. The monoisotopic (exact) mass is 321 g/mol. The van der Waals surface area contributed by atoms with Crippen LogP contribution < -0.4 is 5.32 Å². The van der Waals surface area contributed by atoms with E-state index in [1.54, 1.807) is 12.1 Å². The van der Waals surface area contributed by atoms with Crippen molar-refractivity contribution >= 4 is 28.3 Å². The standard InChI is InChI=1S/C16H16ClNO2S/c17-15-8-4-7-14(9-15)11-21(20)12-16(19)18-10-13-5-2-1-3-6-13/h1-9H,10-12H2,(H,18,19). The minimum atomic E-state index is -1.24. The van der Waals surface area contributed by atoms with E-state index in [-0.39, 0.29) is 11.7 Å². The molecule has 0 aliphatic carbocycles. The Hall–Kier alpha value is -1.65. The molecule has 0 spiro atoms. The number of carbonyl (C=O) groups excluding carboxylic acids is 1. The second kappa shape index (κ2) is 7.96. The Kier molecular flexibility index (Phi) is 5.96. The third-order valence-electron chi connectivity index (χ3n) is 2.84. The zero-order valence-electron chi connectivity index (χ0n) is 11.4. The second-order valence-corrected chi connectivity index (χ2v) is 6.51. The summed E-state index contributed by atoms with van der Waals surface area (Å²) in [6.45, 7) is 0.452. The van der Waals surface area contributed by atoms with Crippen LogP contribution in [0.5, 0.6) is 0 Å². The van der Waals surface area contributed by atoms with Gasteiger partial charge in [0.1, 0.15) is 5.75 Å². The lowest BCUT2D eigenvalue weighted by molar-refractivity contribution is -0.118. The molecule has 2 rings (SSSR count). The fourth-order valence-electron chi connectivity index (χ4n) is 1.86. The maximum absolute atomic E-state index is 12.0. The molecular formula is C16H16ClNO2S. The molecule has 0 fully saturated rings. The van der Waals surface area contributed by atoms with Crippen molar-refractivity contribution in [3.63, 3.8) is 0 Å². The summed E-state index contributed by atoms with van der Waals surface area (Å²) < 4.78 is 12.0. The molecule has 3 nitrogen and oxygen atoms in total. The first-order chi connectivity index (χ1) is 10.1. The van der Waals surface area contributed by atoms with Crippen LogP contribution in [-0.4, -0.2) is 15.9 Å². The Bertz CT molecular complexity index is 631. The van der Waals surface area contributed by atoms with E-state index in [0.717, 1.165) is 11.1 Å². The molecule has 0 radical (unpaired) electrons. The van der Waals surface area contributed by atoms with Gasteiger partial charge in [-0.1, -0.05) is 54.1 Å². The van der Waals surface area contributed by atoms with Crippen LogP contribution in [0.3, 0.4) is 0 Å². The third-order valence-corrected chi connectivity index (χ3v) is 4.32. The van der Waals surface area contributed by atoms with Gasteiger partial charge in [0.15, 0.2) is 0 Å². The van der Waals surface area contributed by atoms with E-state index in [9.17, 15) is 9.00 Å².